The molecule has 0 unspecified atom stereocenters. The minimum atomic E-state index is 0. The van der Waals surface area contributed by atoms with Crippen molar-refractivity contribution in [2.75, 3.05) is 0 Å². The Morgan fingerprint density at radius 1 is 1.00 bits per heavy atom. The zero-order valence-electron chi connectivity index (χ0n) is 1.67. The average molecular weight is 174 g/mol. The first-order chi connectivity index (χ1) is 0. The standard InChI is InChI=1S/Al.Co.Fe.S/q+3;2*+2;-2. The van der Waals surface area contributed by atoms with Crippen LogP contribution in [0.2, 0.25) is 0 Å². The van der Waals surface area contributed by atoms with Crippen LogP contribution in [-0.4, -0.2) is 17.4 Å². The topological polar surface area (TPSA) is 0 Å². The predicted molar refractivity (Wildman–Crippen MR) is 13.1 cm³/mol. The summed E-state index contributed by atoms with van der Waals surface area (Å²) < 4.78 is 0. The quantitative estimate of drug-likeness (QED) is 0.438. The van der Waals surface area contributed by atoms with E-state index in [-0.39, 0.29) is 64.7 Å². The molecule has 0 rings (SSSR count). The van der Waals surface area contributed by atoms with Gasteiger partial charge in [-0.05, 0) is 0 Å². The molecule has 0 saturated heterocycles. The van der Waals surface area contributed by atoms with E-state index in [0.29, 0.717) is 0 Å². The summed E-state index contributed by atoms with van der Waals surface area (Å²) in [6.45, 7) is 0. The van der Waals surface area contributed by atoms with Gasteiger partial charge in [-0.25, -0.2) is 0 Å². The van der Waals surface area contributed by atoms with Crippen LogP contribution in [0.3, 0.4) is 0 Å². The first-order valence-corrected chi connectivity index (χ1v) is 0. The van der Waals surface area contributed by atoms with Crippen molar-refractivity contribution >= 4 is 30.9 Å². The summed E-state index contributed by atoms with van der Waals surface area (Å²) in [4.78, 5) is 0. The molecule has 1 radical (unpaired) electrons. The van der Waals surface area contributed by atoms with Crippen molar-refractivity contribution in [1.29, 1.82) is 0 Å². The first-order valence-electron chi connectivity index (χ1n) is 0. The van der Waals surface area contributed by atoms with Crippen molar-refractivity contribution in [1.82, 2.24) is 0 Å². The maximum Gasteiger partial charge on any atom is 3.00 e. The molecule has 0 amide bonds. The second kappa shape index (κ2) is 20.6. The van der Waals surface area contributed by atoms with Crippen LogP contribution in [0.4, 0.5) is 0 Å². The second-order valence-electron chi connectivity index (χ2n) is 0. The zero-order valence-corrected chi connectivity index (χ0v) is 5.79. The van der Waals surface area contributed by atoms with Crippen LogP contribution in [0, 0.1) is 0 Å². The maximum atomic E-state index is 0. The third-order valence-corrected chi connectivity index (χ3v) is 0. The van der Waals surface area contributed by atoms with E-state index in [1.165, 1.54) is 0 Å². The van der Waals surface area contributed by atoms with Gasteiger partial charge < -0.3 is 13.5 Å². The molecule has 0 aliphatic carbocycles. The fraction of sp³-hybridized carbons (Fsp3) is 0. The Bertz CT molecular complexity index is 8.00. The van der Waals surface area contributed by atoms with Crippen LogP contribution >= 0.6 is 0 Å². The molecule has 0 aromatic heterocycles. The smallest absolute Gasteiger partial charge is 2.00 e. The Morgan fingerprint density at radius 2 is 1.00 bits per heavy atom. The van der Waals surface area contributed by atoms with Crippen molar-refractivity contribution in [3.8, 4) is 0 Å². The second-order valence-corrected chi connectivity index (χ2v) is 0. The van der Waals surface area contributed by atoms with E-state index in [1.807, 2.05) is 0 Å². The fourth-order valence-electron chi connectivity index (χ4n) is 0. The van der Waals surface area contributed by atoms with Gasteiger partial charge in [0.25, 0.3) is 0 Å². The first kappa shape index (κ1) is 39.1. The molecular weight excluding hydrogens is 174 g/mol. The third-order valence-electron chi connectivity index (χ3n) is 0. The Morgan fingerprint density at radius 3 is 1.00 bits per heavy atom. The third kappa shape index (κ3) is 9.08. The number of hydrogen-bond acceptors (Lipinski definition) is 0. The molecule has 4 heavy (non-hydrogen) atoms. The Balaban J connectivity index is 0. The van der Waals surface area contributed by atoms with Crippen LogP contribution < -0.4 is 0 Å². The normalized spacial score (nSPS) is 0. The Hall–Kier alpha value is 1.91. The summed E-state index contributed by atoms with van der Waals surface area (Å²) >= 11 is 0. The summed E-state index contributed by atoms with van der Waals surface area (Å²) in [6.07, 6.45) is 0. The molecule has 0 aliphatic heterocycles. The van der Waals surface area contributed by atoms with E-state index in [1.54, 1.807) is 0 Å². The molecule has 0 N–H and O–H groups in total. The summed E-state index contributed by atoms with van der Waals surface area (Å²) in [5.74, 6) is 0. The van der Waals surface area contributed by atoms with Crippen LogP contribution in [0.1, 0.15) is 0 Å². The van der Waals surface area contributed by atoms with E-state index in [4.69, 9.17) is 0 Å². The summed E-state index contributed by atoms with van der Waals surface area (Å²) in [7, 11) is 0. The summed E-state index contributed by atoms with van der Waals surface area (Å²) in [5, 5.41) is 0. The van der Waals surface area contributed by atoms with Gasteiger partial charge in [0.05, 0.1) is 0 Å². The fourth-order valence-corrected chi connectivity index (χ4v) is 0. The monoisotopic (exact) mass is 174 g/mol. The van der Waals surface area contributed by atoms with Gasteiger partial charge in [0.2, 0.25) is 0 Å². The average Bonchev–Trinajstić information content (AvgIpc) is 0. The molecular formula is AlCoFeS+5. The molecule has 0 fully saturated rings. The van der Waals surface area contributed by atoms with Gasteiger partial charge in [0, 0.05) is 0 Å². The van der Waals surface area contributed by atoms with Crippen molar-refractivity contribution < 1.29 is 33.8 Å². The van der Waals surface area contributed by atoms with Crippen LogP contribution in [0.15, 0.2) is 0 Å². The summed E-state index contributed by atoms with van der Waals surface area (Å²) in [6, 6.07) is 0. The van der Waals surface area contributed by atoms with Gasteiger partial charge in [-0.3, -0.25) is 0 Å². The molecule has 4 heteroatoms. The summed E-state index contributed by atoms with van der Waals surface area (Å²) in [5.41, 5.74) is 0. The molecule has 0 atom stereocenters. The predicted octanol–water partition coefficient (Wildman–Crippen LogP) is -0.388. The van der Waals surface area contributed by atoms with Gasteiger partial charge in [0.1, 0.15) is 0 Å². The number of hydrogen-bond donors (Lipinski definition) is 0. The molecule has 0 saturated carbocycles. The van der Waals surface area contributed by atoms with Crippen molar-refractivity contribution in [3.05, 3.63) is 0 Å². The van der Waals surface area contributed by atoms with Crippen molar-refractivity contribution in [2.45, 2.75) is 0 Å². The van der Waals surface area contributed by atoms with E-state index in [9.17, 15) is 0 Å². The van der Waals surface area contributed by atoms with Gasteiger partial charge in [-0.15, -0.1) is 0 Å². The molecule has 0 nitrogen and oxygen atoms in total. The van der Waals surface area contributed by atoms with Crippen LogP contribution in [0.25, 0.3) is 0 Å². The van der Waals surface area contributed by atoms with Gasteiger partial charge in [0.15, 0.2) is 0 Å². The van der Waals surface area contributed by atoms with Crippen LogP contribution in [0.5, 0.6) is 0 Å². The van der Waals surface area contributed by atoms with E-state index >= 15 is 0 Å². The Labute approximate surface area is 64.4 Å². The molecule has 0 aliphatic rings. The largest absolute Gasteiger partial charge is 3.00 e. The number of rotatable bonds is 0. The SMILES string of the molecule is [Al+3].[Co+2].[Fe+2].[S-2]. The van der Waals surface area contributed by atoms with Gasteiger partial charge in [-0.1, -0.05) is 0 Å². The van der Waals surface area contributed by atoms with E-state index in [0.717, 1.165) is 0 Å². The molecule has 0 aromatic rings. The minimum Gasteiger partial charge on any atom is -2.00 e. The van der Waals surface area contributed by atoms with Crippen molar-refractivity contribution in [2.24, 2.45) is 0 Å². The van der Waals surface area contributed by atoms with E-state index in [2.05, 4.69) is 0 Å². The zero-order chi connectivity index (χ0) is 0. The van der Waals surface area contributed by atoms with Gasteiger partial charge in [-0.2, -0.15) is 0 Å². The van der Waals surface area contributed by atoms with Crippen LogP contribution in [-0.2, 0) is 47.3 Å². The Kier molecular flexibility index (Phi) is 201. The molecule has 0 spiro atoms. The van der Waals surface area contributed by atoms with Crippen molar-refractivity contribution in [3.63, 3.8) is 0 Å². The minimum absolute atomic E-state index is 0. The molecule has 0 aromatic carbocycles. The van der Waals surface area contributed by atoms with Gasteiger partial charge >= 0.3 is 51.2 Å². The van der Waals surface area contributed by atoms with E-state index < -0.39 is 0 Å². The maximum absolute atomic E-state index is 0. The molecule has 21 valence electrons. The molecule has 0 heterocycles. The molecule has 0 bridgehead atoms.